The van der Waals surface area contributed by atoms with Crippen molar-refractivity contribution in [3.63, 3.8) is 0 Å². The van der Waals surface area contributed by atoms with Gasteiger partial charge in [0, 0.05) is 17.5 Å². The highest BCUT2D eigenvalue weighted by Crippen LogP contribution is 2.29. The molecule has 112 valence electrons. The molecule has 0 fully saturated rings. The predicted molar refractivity (Wildman–Crippen MR) is 88.3 cm³/mol. The fourth-order valence-electron chi connectivity index (χ4n) is 2.30. The lowest BCUT2D eigenvalue weighted by Gasteiger charge is -2.29. The fraction of sp³-hybridized carbons (Fsp3) is 0.333. The third-order valence-corrected chi connectivity index (χ3v) is 4.64. The highest BCUT2D eigenvalue weighted by atomic mass is 79.9. The summed E-state index contributed by atoms with van der Waals surface area (Å²) in [5, 5.41) is 0.562. The van der Waals surface area contributed by atoms with Crippen LogP contribution in [0, 0.1) is 5.82 Å². The van der Waals surface area contributed by atoms with Crippen LogP contribution in [0.5, 0.6) is 0 Å². The van der Waals surface area contributed by atoms with E-state index >= 15 is 0 Å². The van der Waals surface area contributed by atoms with Crippen LogP contribution >= 0.6 is 15.9 Å². The molecule has 21 heavy (non-hydrogen) atoms. The van der Waals surface area contributed by atoms with E-state index in [2.05, 4.69) is 28.1 Å². The first kappa shape index (κ1) is 16.2. The molecule has 0 N–H and O–H groups in total. The zero-order chi connectivity index (χ0) is 15.1. The topological polar surface area (TPSA) is 9.23 Å². The van der Waals surface area contributed by atoms with E-state index < -0.39 is 5.60 Å². The summed E-state index contributed by atoms with van der Waals surface area (Å²) >= 11 is 3.45. The highest BCUT2D eigenvalue weighted by Gasteiger charge is 2.28. The molecule has 0 saturated carbocycles. The molecule has 0 aliphatic heterocycles. The number of hydrogen-bond donors (Lipinski definition) is 0. The summed E-state index contributed by atoms with van der Waals surface area (Å²) in [6.07, 6.45) is 1.89. The molecule has 0 heterocycles. The summed E-state index contributed by atoms with van der Waals surface area (Å²) in [7, 11) is 0. The number of benzene rings is 2. The number of halogens is 2. The maximum atomic E-state index is 13.9. The minimum absolute atomic E-state index is 0.220. The largest absolute Gasteiger partial charge is 0.370 e. The van der Waals surface area contributed by atoms with Gasteiger partial charge in [-0.2, -0.15) is 0 Å². The Labute approximate surface area is 134 Å². The number of aryl methyl sites for hydroxylation is 1. The lowest BCUT2D eigenvalue weighted by atomic mass is 9.97. The smallest absolute Gasteiger partial charge is 0.129 e. The van der Waals surface area contributed by atoms with Crippen LogP contribution in [0.25, 0.3) is 0 Å². The van der Waals surface area contributed by atoms with Gasteiger partial charge >= 0.3 is 0 Å². The Morgan fingerprint density at radius 1 is 1.05 bits per heavy atom. The molecule has 1 unspecified atom stereocenters. The van der Waals surface area contributed by atoms with Crippen molar-refractivity contribution in [2.24, 2.45) is 0 Å². The van der Waals surface area contributed by atoms with E-state index in [0.717, 1.165) is 12.8 Å². The Bertz CT molecular complexity index is 558. The molecule has 0 radical (unpaired) electrons. The van der Waals surface area contributed by atoms with Crippen molar-refractivity contribution in [1.29, 1.82) is 0 Å². The minimum atomic E-state index is -0.637. The Kier molecular flexibility index (Phi) is 5.95. The molecular formula is C18H20BrFO. The molecule has 0 spiro atoms. The number of rotatable bonds is 7. The Hall–Kier alpha value is -1.19. The van der Waals surface area contributed by atoms with Gasteiger partial charge in [-0.1, -0.05) is 64.5 Å². The first-order valence-corrected chi connectivity index (χ1v) is 8.27. The van der Waals surface area contributed by atoms with Crippen LogP contribution in [0.15, 0.2) is 54.6 Å². The Balaban J connectivity index is 1.92. The summed E-state index contributed by atoms with van der Waals surface area (Å²) in [4.78, 5) is 0. The lowest BCUT2D eigenvalue weighted by molar-refractivity contribution is -0.0201. The van der Waals surface area contributed by atoms with E-state index in [4.69, 9.17) is 4.74 Å². The monoisotopic (exact) mass is 350 g/mol. The van der Waals surface area contributed by atoms with Crippen LogP contribution in [-0.4, -0.2) is 11.9 Å². The van der Waals surface area contributed by atoms with E-state index in [1.54, 1.807) is 12.1 Å². The van der Waals surface area contributed by atoms with Crippen LogP contribution in [0.2, 0.25) is 0 Å². The lowest BCUT2D eigenvalue weighted by Crippen LogP contribution is -2.29. The molecule has 0 amide bonds. The van der Waals surface area contributed by atoms with E-state index in [0.29, 0.717) is 17.5 Å². The molecule has 0 aromatic heterocycles. The third-order valence-electron chi connectivity index (χ3n) is 3.57. The molecule has 2 aromatic carbocycles. The van der Waals surface area contributed by atoms with E-state index in [9.17, 15) is 4.39 Å². The normalized spacial score (nSPS) is 13.9. The summed E-state index contributed by atoms with van der Waals surface area (Å²) in [5.41, 5.74) is 1.26. The Morgan fingerprint density at radius 2 is 1.71 bits per heavy atom. The summed E-state index contributed by atoms with van der Waals surface area (Å²) in [5.74, 6) is -0.220. The molecule has 2 rings (SSSR count). The Morgan fingerprint density at radius 3 is 2.38 bits per heavy atom. The van der Waals surface area contributed by atoms with Crippen LogP contribution in [0.1, 0.15) is 24.5 Å². The standard InChI is InChI=1S/C18H20BrFO/c1-18(14-19,16-11-5-6-12-17(16)20)21-13-7-10-15-8-3-2-4-9-15/h2-6,8-9,11-12H,7,10,13-14H2,1H3. The fourth-order valence-corrected chi connectivity index (χ4v) is 2.76. The van der Waals surface area contributed by atoms with Crippen LogP contribution in [-0.2, 0) is 16.8 Å². The molecule has 0 saturated heterocycles. The second-order valence-electron chi connectivity index (χ2n) is 5.28. The third kappa shape index (κ3) is 4.39. The van der Waals surface area contributed by atoms with E-state index in [1.165, 1.54) is 11.6 Å². The highest BCUT2D eigenvalue weighted by molar-refractivity contribution is 9.09. The molecule has 0 aliphatic rings. The van der Waals surface area contributed by atoms with Crippen LogP contribution in [0.3, 0.4) is 0 Å². The second kappa shape index (κ2) is 7.71. The van der Waals surface area contributed by atoms with Crippen LogP contribution < -0.4 is 0 Å². The van der Waals surface area contributed by atoms with Gasteiger partial charge in [0.1, 0.15) is 11.4 Å². The van der Waals surface area contributed by atoms with Gasteiger partial charge in [0.05, 0.1) is 0 Å². The second-order valence-corrected chi connectivity index (χ2v) is 5.84. The van der Waals surface area contributed by atoms with Crippen molar-refractivity contribution in [1.82, 2.24) is 0 Å². The number of hydrogen-bond acceptors (Lipinski definition) is 1. The number of alkyl halides is 1. The van der Waals surface area contributed by atoms with Gasteiger partial charge in [0.25, 0.3) is 0 Å². The van der Waals surface area contributed by atoms with Crippen molar-refractivity contribution < 1.29 is 9.13 Å². The molecule has 0 aliphatic carbocycles. The van der Waals surface area contributed by atoms with Gasteiger partial charge in [0.2, 0.25) is 0 Å². The summed E-state index contributed by atoms with van der Waals surface area (Å²) in [6, 6.07) is 17.1. The van der Waals surface area contributed by atoms with E-state index in [-0.39, 0.29) is 5.82 Å². The molecule has 0 bridgehead atoms. The van der Waals surface area contributed by atoms with Gasteiger partial charge in [0.15, 0.2) is 0 Å². The molecule has 3 heteroatoms. The van der Waals surface area contributed by atoms with Crippen molar-refractivity contribution in [2.45, 2.75) is 25.4 Å². The SMILES string of the molecule is CC(CBr)(OCCCc1ccccc1)c1ccccc1F. The zero-order valence-corrected chi connectivity index (χ0v) is 13.8. The molecule has 1 atom stereocenters. The average Bonchev–Trinajstić information content (AvgIpc) is 2.53. The van der Waals surface area contributed by atoms with Crippen molar-refractivity contribution in [3.8, 4) is 0 Å². The van der Waals surface area contributed by atoms with Gasteiger partial charge in [-0.05, 0) is 31.4 Å². The first-order chi connectivity index (χ1) is 10.2. The molecule has 1 nitrogen and oxygen atoms in total. The maximum absolute atomic E-state index is 13.9. The van der Waals surface area contributed by atoms with Crippen LogP contribution in [0.4, 0.5) is 4.39 Å². The molecular weight excluding hydrogens is 331 g/mol. The maximum Gasteiger partial charge on any atom is 0.129 e. The van der Waals surface area contributed by atoms with Crippen molar-refractivity contribution in [3.05, 3.63) is 71.5 Å². The van der Waals surface area contributed by atoms with Crippen molar-refractivity contribution in [2.75, 3.05) is 11.9 Å². The quantitative estimate of drug-likeness (QED) is 0.499. The molecule has 2 aromatic rings. The average molecular weight is 351 g/mol. The minimum Gasteiger partial charge on any atom is -0.370 e. The van der Waals surface area contributed by atoms with Gasteiger partial charge in [-0.15, -0.1) is 0 Å². The summed E-state index contributed by atoms with van der Waals surface area (Å²) in [6.45, 7) is 2.52. The number of ether oxygens (including phenoxy) is 1. The van der Waals surface area contributed by atoms with Gasteiger partial charge in [-0.25, -0.2) is 4.39 Å². The summed E-state index contributed by atoms with van der Waals surface area (Å²) < 4.78 is 19.9. The van der Waals surface area contributed by atoms with Gasteiger partial charge < -0.3 is 4.74 Å². The van der Waals surface area contributed by atoms with E-state index in [1.807, 2.05) is 31.2 Å². The first-order valence-electron chi connectivity index (χ1n) is 7.14. The van der Waals surface area contributed by atoms with Crippen molar-refractivity contribution >= 4 is 15.9 Å². The van der Waals surface area contributed by atoms with Gasteiger partial charge in [-0.3, -0.25) is 0 Å². The predicted octanol–water partition coefficient (Wildman–Crippen LogP) is 5.09. The zero-order valence-electron chi connectivity index (χ0n) is 12.2.